The van der Waals surface area contributed by atoms with Crippen molar-refractivity contribution < 1.29 is 9.72 Å². The molecular weight excluding hydrogens is 380 g/mol. The number of carbonyl (C=O) groups is 1. The van der Waals surface area contributed by atoms with Crippen molar-refractivity contribution in [1.29, 1.82) is 0 Å². The molecule has 118 valence electrons. The highest BCUT2D eigenvalue weighted by molar-refractivity contribution is 9.10. The zero-order chi connectivity index (χ0) is 16.4. The fraction of sp³-hybridized carbons (Fsp3) is 0.364. The van der Waals surface area contributed by atoms with Crippen molar-refractivity contribution in [1.82, 2.24) is 24.9 Å². The van der Waals surface area contributed by atoms with Crippen molar-refractivity contribution in [2.75, 3.05) is 7.05 Å². The van der Waals surface area contributed by atoms with E-state index in [1.54, 1.807) is 17.9 Å². The number of rotatable bonds is 5. The number of aromatic nitrogens is 4. The maximum Gasteiger partial charge on any atom is 0.362 e. The zero-order valence-electron chi connectivity index (χ0n) is 11.7. The van der Waals surface area contributed by atoms with E-state index < -0.39 is 16.6 Å². The van der Waals surface area contributed by atoms with Crippen LogP contribution < -0.4 is 0 Å². The van der Waals surface area contributed by atoms with Crippen LogP contribution in [-0.2, 0) is 13.1 Å². The van der Waals surface area contributed by atoms with Gasteiger partial charge in [-0.25, -0.2) is 0 Å². The minimum Gasteiger partial charge on any atom is -0.358 e. The van der Waals surface area contributed by atoms with Crippen molar-refractivity contribution in [3.8, 4) is 0 Å². The molecule has 1 amide bonds. The molecule has 0 unspecified atom stereocenters. The lowest BCUT2D eigenvalue weighted by Crippen LogP contribution is -2.28. The molecule has 2 aromatic heterocycles. The first-order valence-corrected chi connectivity index (χ1v) is 7.37. The number of H-pyrrole nitrogens is 1. The lowest BCUT2D eigenvalue weighted by Gasteiger charge is -2.16. The summed E-state index contributed by atoms with van der Waals surface area (Å²) < 4.78 is 2.51. The van der Waals surface area contributed by atoms with Gasteiger partial charge in [0, 0.05) is 13.6 Å². The average Bonchev–Trinajstić information content (AvgIpc) is 3.02. The molecule has 0 spiro atoms. The van der Waals surface area contributed by atoms with Crippen LogP contribution in [0.2, 0.25) is 5.02 Å². The molecule has 2 aromatic rings. The summed E-state index contributed by atoms with van der Waals surface area (Å²) in [5.74, 6) is -1.02. The van der Waals surface area contributed by atoms with Gasteiger partial charge in [-0.05, 0) is 27.8 Å². The maximum absolute atomic E-state index is 12.3. The molecule has 0 aliphatic rings. The van der Waals surface area contributed by atoms with Crippen LogP contribution in [-0.4, -0.2) is 42.8 Å². The molecule has 0 aromatic carbocycles. The van der Waals surface area contributed by atoms with E-state index >= 15 is 0 Å². The number of aryl methyl sites for hydroxylation is 1. The van der Waals surface area contributed by atoms with Gasteiger partial charge in [0.15, 0.2) is 10.7 Å². The number of aromatic amines is 1. The SMILES string of the molecule is CCn1ncc(Br)c1CN(C)C(=O)c1n[nH]c([N+](=O)[O-])c1Cl. The summed E-state index contributed by atoms with van der Waals surface area (Å²) in [5.41, 5.74) is 0.620. The molecule has 22 heavy (non-hydrogen) atoms. The fourth-order valence-corrected chi connectivity index (χ4v) is 2.53. The Hall–Kier alpha value is -1.94. The number of nitrogens with one attached hydrogen (secondary N) is 1. The van der Waals surface area contributed by atoms with Gasteiger partial charge in [-0.3, -0.25) is 9.48 Å². The highest BCUT2D eigenvalue weighted by atomic mass is 79.9. The topological polar surface area (TPSA) is 110 Å². The van der Waals surface area contributed by atoms with Crippen molar-refractivity contribution in [2.45, 2.75) is 20.0 Å². The highest BCUT2D eigenvalue weighted by Gasteiger charge is 2.28. The summed E-state index contributed by atoms with van der Waals surface area (Å²) in [6, 6.07) is 0. The van der Waals surface area contributed by atoms with Gasteiger partial charge < -0.3 is 15.0 Å². The first kappa shape index (κ1) is 16.4. The molecule has 0 aliphatic heterocycles. The average molecular weight is 392 g/mol. The van der Waals surface area contributed by atoms with Crippen molar-refractivity contribution in [3.63, 3.8) is 0 Å². The van der Waals surface area contributed by atoms with E-state index in [4.69, 9.17) is 11.6 Å². The number of hydrogen-bond donors (Lipinski definition) is 1. The van der Waals surface area contributed by atoms with Gasteiger partial charge in [-0.2, -0.15) is 5.10 Å². The van der Waals surface area contributed by atoms with Crippen LogP contribution >= 0.6 is 27.5 Å². The summed E-state index contributed by atoms with van der Waals surface area (Å²) in [5, 5.41) is 20.4. The maximum atomic E-state index is 12.3. The summed E-state index contributed by atoms with van der Waals surface area (Å²) in [6.45, 7) is 2.83. The monoisotopic (exact) mass is 390 g/mol. The van der Waals surface area contributed by atoms with Crippen LogP contribution in [0, 0.1) is 10.1 Å². The normalized spacial score (nSPS) is 10.7. The molecule has 2 rings (SSSR count). The molecule has 0 radical (unpaired) electrons. The molecule has 0 bridgehead atoms. The number of amides is 1. The van der Waals surface area contributed by atoms with E-state index in [1.165, 1.54) is 4.90 Å². The van der Waals surface area contributed by atoms with Gasteiger partial charge in [0.25, 0.3) is 5.91 Å². The Labute approximate surface area is 138 Å². The zero-order valence-corrected chi connectivity index (χ0v) is 14.1. The molecule has 0 atom stereocenters. The van der Waals surface area contributed by atoms with Gasteiger partial charge >= 0.3 is 5.82 Å². The second-order valence-corrected chi connectivity index (χ2v) is 5.64. The molecular formula is C11H12BrClN6O3. The largest absolute Gasteiger partial charge is 0.362 e. The minimum atomic E-state index is -0.727. The van der Waals surface area contributed by atoms with Gasteiger partial charge in [-0.1, -0.05) is 16.7 Å². The second-order valence-electron chi connectivity index (χ2n) is 4.41. The van der Waals surface area contributed by atoms with Gasteiger partial charge in [0.1, 0.15) is 0 Å². The van der Waals surface area contributed by atoms with Crippen molar-refractivity contribution >= 4 is 39.3 Å². The molecule has 9 nitrogen and oxygen atoms in total. The molecule has 0 saturated carbocycles. The van der Waals surface area contributed by atoms with Crippen molar-refractivity contribution in [3.05, 3.63) is 37.2 Å². The second kappa shape index (κ2) is 6.44. The first-order chi connectivity index (χ1) is 10.4. The highest BCUT2D eigenvalue weighted by Crippen LogP contribution is 2.26. The fourth-order valence-electron chi connectivity index (χ4n) is 1.88. The quantitative estimate of drug-likeness (QED) is 0.621. The third kappa shape index (κ3) is 2.97. The van der Waals surface area contributed by atoms with Gasteiger partial charge in [0.2, 0.25) is 0 Å². The Kier molecular flexibility index (Phi) is 4.81. The molecule has 0 aliphatic carbocycles. The number of nitrogens with zero attached hydrogens (tertiary/aromatic N) is 5. The van der Waals surface area contributed by atoms with Gasteiger partial charge in [0.05, 0.1) is 22.9 Å². The molecule has 0 saturated heterocycles. The van der Waals surface area contributed by atoms with E-state index in [0.717, 1.165) is 10.2 Å². The standard InChI is InChI=1S/C11H12BrClN6O3/c1-3-18-7(6(12)4-14-18)5-17(2)11(20)9-8(13)10(16-15-9)19(21)22/h4H,3,5H2,1-2H3,(H,15,16). The minimum absolute atomic E-state index is 0.186. The van der Waals surface area contributed by atoms with Crippen LogP contribution in [0.3, 0.4) is 0 Å². The number of hydrogen-bond acceptors (Lipinski definition) is 5. The predicted octanol–water partition coefficient (Wildman–Crippen LogP) is 2.22. The predicted molar refractivity (Wildman–Crippen MR) is 81.7 cm³/mol. The van der Waals surface area contributed by atoms with E-state index in [9.17, 15) is 14.9 Å². The van der Waals surface area contributed by atoms with Crippen LogP contribution in [0.4, 0.5) is 5.82 Å². The van der Waals surface area contributed by atoms with Gasteiger partial charge in [-0.15, -0.1) is 5.10 Å². The molecule has 11 heteroatoms. The molecule has 2 heterocycles. The Morgan fingerprint density at radius 2 is 2.32 bits per heavy atom. The Morgan fingerprint density at radius 3 is 2.86 bits per heavy atom. The number of carbonyl (C=O) groups excluding carboxylic acids is 1. The Morgan fingerprint density at radius 1 is 1.64 bits per heavy atom. The van der Waals surface area contributed by atoms with E-state index in [2.05, 4.69) is 31.2 Å². The van der Waals surface area contributed by atoms with E-state index in [1.807, 2.05) is 6.92 Å². The van der Waals surface area contributed by atoms with Crippen LogP contribution in [0.1, 0.15) is 23.1 Å². The summed E-state index contributed by atoms with van der Waals surface area (Å²) >= 11 is 9.19. The smallest absolute Gasteiger partial charge is 0.358 e. The van der Waals surface area contributed by atoms with Crippen LogP contribution in [0.5, 0.6) is 0 Å². The van der Waals surface area contributed by atoms with Crippen LogP contribution in [0.15, 0.2) is 10.7 Å². The van der Waals surface area contributed by atoms with E-state index in [0.29, 0.717) is 6.54 Å². The third-order valence-electron chi connectivity index (χ3n) is 3.01. The number of nitro groups is 1. The Balaban J connectivity index is 2.23. The number of halogens is 2. The lowest BCUT2D eigenvalue weighted by atomic mass is 10.3. The van der Waals surface area contributed by atoms with Crippen molar-refractivity contribution in [2.24, 2.45) is 0 Å². The summed E-state index contributed by atoms with van der Waals surface area (Å²) in [7, 11) is 1.55. The lowest BCUT2D eigenvalue weighted by molar-refractivity contribution is -0.389. The molecule has 0 fully saturated rings. The summed E-state index contributed by atoms with van der Waals surface area (Å²) in [4.78, 5) is 23.7. The van der Waals surface area contributed by atoms with Crippen LogP contribution in [0.25, 0.3) is 0 Å². The third-order valence-corrected chi connectivity index (χ3v) is 4.03. The summed E-state index contributed by atoms with van der Waals surface area (Å²) in [6.07, 6.45) is 1.64. The van der Waals surface area contributed by atoms with E-state index in [-0.39, 0.29) is 17.3 Å². The first-order valence-electron chi connectivity index (χ1n) is 6.20. The molecule has 1 N–H and O–H groups in total. The Bertz CT molecular complexity index is 727.